The van der Waals surface area contributed by atoms with E-state index < -0.39 is 0 Å². The Morgan fingerprint density at radius 3 is 2.64 bits per heavy atom. The van der Waals surface area contributed by atoms with Crippen LogP contribution in [-0.4, -0.2) is 18.5 Å². The maximum absolute atomic E-state index is 13.3. The van der Waals surface area contributed by atoms with E-state index in [1.54, 1.807) is 12.1 Å². The zero-order valence-electron chi connectivity index (χ0n) is 12.6. The van der Waals surface area contributed by atoms with Gasteiger partial charge in [-0.3, -0.25) is 4.90 Å². The van der Waals surface area contributed by atoms with Crippen molar-refractivity contribution >= 4 is 11.6 Å². The number of benzene rings is 2. The Hall–Kier alpha value is -1.38. The molecule has 1 aliphatic carbocycles. The summed E-state index contributed by atoms with van der Waals surface area (Å²) in [6, 6.07) is 13.7. The monoisotopic (exact) mass is 315 g/mol. The Balaban J connectivity index is 1.86. The van der Waals surface area contributed by atoms with E-state index in [4.69, 9.17) is 11.6 Å². The molecule has 0 spiro atoms. The molecule has 0 radical (unpaired) electrons. The summed E-state index contributed by atoms with van der Waals surface area (Å²) in [4.78, 5) is 2.45. The highest BCUT2D eigenvalue weighted by atomic mass is 35.5. The highest BCUT2D eigenvalue weighted by Gasteiger charge is 2.44. The third kappa shape index (κ3) is 2.17. The lowest BCUT2D eigenvalue weighted by molar-refractivity contribution is 0.127. The SMILES string of the molecule is CN1CCCC2C(c3ccc(F)cc3)c3ccc(Cl)cc3C21. The van der Waals surface area contributed by atoms with Crippen LogP contribution >= 0.6 is 11.6 Å². The van der Waals surface area contributed by atoms with Gasteiger partial charge in [-0.15, -0.1) is 0 Å². The summed E-state index contributed by atoms with van der Waals surface area (Å²) in [7, 11) is 2.20. The highest BCUT2D eigenvalue weighted by Crippen LogP contribution is 2.54. The fourth-order valence-corrected chi connectivity index (χ4v) is 4.61. The number of piperidine rings is 1. The van der Waals surface area contributed by atoms with Crippen LogP contribution in [0.25, 0.3) is 0 Å². The first-order valence-electron chi connectivity index (χ1n) is 7.90. The molecule has 114 valence electrons. The van der Waals surface area contributed by atoms with E-state index in [0.717, 1.165) is 11.6 Å². The minimum Gasteiger partial charge on any atom is -0.299 e. The van der Waals surface area contributed by atoms with Gasteiger partial charge in [0.1, 0.15) is 5.82 Å². The van der Waals surface area contributed by atoms with Gasteiger partial charge >= 0.3 is 0 Å². The van der Waals surface area contributed by atoms with Gasteiger partial charge in [-0.2, -0.15) is 0 Å². The van der Waals surface area contributed by atoms with Crippen molar-refractivity contribution in [1.82, 2.24) is 4.90 Å². The summed E-state index contributed by atoms with van der Waals surface area (Å²) in [5.41, 5.74) is 3.93. The van der Waals surface area contributed by atoms with E-state index in [-0.39, 0.29) is 5.82 Å². The molecule has 4 rings (SSSR count). The first-order valence-corrected chi connectivity index (χ1v) is 8.28. The minimum atomic E-state index is -0.171. The summed E-state index contributed by atoms with van der Waals surface area (Å²) in [6.45, 7) is 1.13. The van der Waals surface area contributed by atoms with Gasteiger partial charge in [0.05, 0.1) is 0 Å². The first kappa shape index (κ1) is 14.2. The van der Waals surface area contributed by atoms with Crippen LogP contribution in [-0.2, 0) is 0 Å². The summed E-state index contributed by atoms with van der Waals surface area (Å²) in [5, 5.41) is 0.802. The van der Waals surface area contributed by atoms with Gasteiger partial charge in [0.2, 0.25) is 0 Å². The predicted octanol–water partition coefficient (Wildman–Crippen LogP) is 5.01. The van der Waals surface area contributed by atoms with Gasteiger partial charge in [-0.1, -0.05) is 29.8 Å². The fourth-order valence-electron chi connectivity index (χ4n) is 4.43. The second-order valence-electron chi connectivity index (χ2n) is 6.53. The molecule has 3 heteroatoms. The van der Waals surface area contributed by atoms with E-state index in [1.165, 1.54) is 29.5 Å². The Kier molecular flexibility index (Phi) is 3.47. The van der Waals surface area contributed by atoms with Crippen LogP contribution in [0.2, 0.25) is 5.02 Å². The van der Waals surface area contributed by atoms with Crippen molar-refractivity contribution in [2.45, 2.75) is 24.8 Å². The average Bonchev–Trinajstić information content (AvgIpc) is 2.83. The standard InChI is InChI=1S/C19H19ClFN/c1-22-10-2-3-16-18(12-4-7-14(21)8-5-12)15-9-6-13(20)11-17(15)19(16)22/h4-9,11,16,18-19H,2-3,10H2,1H3. The van der Waals surface area contributed by atoms with Crippen molar-refractivity contribution in [3.8, 4) is 0 Å². The molecule has 22 heavy (non-hydrogen) atoms. The Morgan fingerprint density at radius 2 is 1.86 bits per heavy atom. The first-order chi connectivity index (χ1) is 10.6. The number of likely N-dealkylation sites (tertiary alicyclic amines) is 1. The third-order valence-corrected chi connectivity index (χ3v) is 5.52. The number of fused-ring (bicyclic) bond motifs is 3. The maximum Gasteiger partial charge on any atom is 0.123 e. The second-order valence-corrected chi connectivity index (χ2v) is 6.97. The Bertz CT molecular complexity index is 697. The topological polar surface area (TPSA) is 3.24 Å². The number of hydrogen-bond donors (Lipinski definition) is 0. The van der Waals surface area contributed by atoms with Gasteiger partial charge in [0.15, 0.2) is 0 Å². The van der Waals surface area contributed by atoms with Crippen LogP contribution in [0.15, 0.2) is 42.5 Å². The van der Waals surface area contributed by atoms with Crippen LogP contribution in [0, 0.1) is 11.7 Å². The molecule has 1 aliphatic heterocycles. The van der Waals surface area contributed by atoms with Crippen LogP contribution in [0.1, 0.15) is 41.5 Å². The summed E-state index contributed by atoms with van der Waals surface area (Å²) < 4.78 is 13.3. The molecule has 0 saturated carbocycles. The molecule has 1 nitrogen and oxygen atoms in total. The van der Waals surface area contributed by atoms with Crippen LogP contribution in [0.5, 0.6) is 0 Å². The van der Waals surface area contributed by atoms with Gasteiger partial charge in [0.25, 0.3) is 0 Å². The van der Waals surface area contributed by atoms with Crippen LogP contribution < -0.4 is 0 Å². The molecular formula is C19H19ClFN. The smallest absolute Gasteiger partial charge is 0.123 e. The van der Waals surface area contributed by atoms with E-state index in [9.17, 15) is 4.39 Å². The van der Waals surface area contributed by atoms with Gasteiger partial charge in [0, 0.05) is 17.0 Å². The van der Waals surface area contributed by atoms with Crippen molar-refractivity contribution < 1.29 is 4.39 Å². The quantitative estimate of drug-likeness (QED) is 0.715. The lowest BCUT2D eigenvalue weighted by Gasteiger charge is -2.37. The highest BCUT2D eigenvalue weighted by molar-refractivity contribution is 6.30. The molecule has 1 fully saturated rings. The third-order valence-electron chi connectivity index (χ3n) is 5.29. The number of halogens is 2. The molecule has 2 aliphatic rings. The summed E-state index contributed by atoms with van der Waals surface area (Å²) >= 11 is 6.25. The van der Waals surface area contributed by atoms with E-state index in [2.05, 4.69) is 24.1 Å². The lowest BCUT2D eigenvalue weighted by Crippen LogP contribution is -2.34. The summed E-state index contributed by atoms with van der Waals surface area (Å²) in [5.74, 6) is 0.730. The Morgan fingerprint density at radius 1 is 1.09 bits per heavy atom. The minimum absolute atomic E-state index is 0.171. The molecule has 2 aromatic rings. The lowest BCUT2D eigenvalue weighted by atomic mass is 9.80. The number of nitrogens with zero attached hydrogens (tertiary/aromatic N) is 1. The van der Waals surface area contributed by atoms with E-state index in [1.807, 2.05) is 18.2 Å². The van der Waals surface area contributed by atoms with Gasteiger partial charge < -0.3 is 0 Å². The van der Waals surface area contributed by atoms with Gasteiger partial charge in [-0.05, 0) is 73.3 Å². The fraction of sp³-hybridized carbons (Fsp3) is 0.368. The average molecular weight is 316 g/mol. The van der Waals surface area contributed by atoms with E-state index in [0.29, 0.717) is 17.9 Å². The molecule has 1 saturated heterocycles. The van der Waals surface area contributed by atoms with Crippen LogP contribution in [0.4, 0.5) is 4.39 Å². The predicted molar refractivity (Wildman–Crippen MR) is 87.8 cm³/mol. The molecule has 0 N–H and O–H groups in total. The van der Waals surface area contributed by atoms with Crippen molar-refractivity contribution in [2.24, 2.45) is 5.92 Å². The van der Waals surface area contributed by atoms with E-state index >= 15 is 0 Å². The number of hydrogen-bond acceptors (Lipinski definition) is 1. The molecule has 3 unspecified atom stereocenters. The molecule has 0 bridgehead atoms. The maximum atomic E-state index is 13.3. The molecule has 0 amide bonds. The Labute approximate surface area is 135 Å². The largest absolute Gasteiger partial charge is 0.299 e. The van der Waals surface area contributed by atoms with Crippen molar-refractivity contribution in [3.63, 3.8) is 0 Å². The van der Waals surface area contributed by atoms with Crippen molar-refractivity contribution in [1.29, 1.82) is 0 Å². The molecule has 0 aromatic heterocycles. The molecule has 1 heterocycles. The molecule has 2 aromatic carbocycles. The molecular weight excluding hydrogens is 297 g/mol. The normalized spacial score (nSPS) is 27.5. The van der Waals surface area contributed by atoms with Crippen molar-refractivity contribution in [2.75, 3.05) is 13.6 Å². The zero-order valence-corrected chi connectivity index (χ0v) is 13.4. The number of rotatable bonds is 1. The van der Waals surface area contributed by atoms with Crippen LogP contribution in [0.3, 0.4) is 0 Å². The van der Waals surface area contributed by atoms with Crippen molar-refractivity contribution in [3.05, 3.63) is 70.0 Å². The molecule has 3 atom stereocenters. The summed E-state index contributed by atoms with van der Waals surface area (Å²) in [6.07, 6.45) is 2.43. The zero-order chi connectivity index (χ0) is 15.3. The second kappa shape index (κ2) is 5.36. The van der Waals surface area contributed by atoms with Gasteiger partial charge in [-0.25, -0.2) is 4.39 Å².